The van der Waals surface area contributed by atoms with Crippen LogP contribution < -0.4 is 11.1 Å². The molecule has 110 valence electrons. The van der Waals surface area contributed by atoms with Gasteiger partial charge in [0.25, 0.3) is 5.91 Å². The Morgan fingerprint density at radius 3 is 2.67 bits per heavy atom. The number of nitrogen functional groups attached to an aromatic ring is 1. The molecule has 3 N–H and O–H groups in total. The molecule has 0 aliphatic carbocycles. The molecule has 0 heterocycles. The molecule has 0 spiro atoms. The average Bonchev–Trinajstić information content (AvgIpc) is 2.41. The van der Waals surface area contributed by atoms with Crippen molar-refractivity contribution in [2.24, 2.45) is 0 Å². The first kappa shape index (κ1) is 16.1. The van der Waals surface area contributed by atoms with E-state index in [0.29, 0.717) is 25.8 Å². The number of anilines is 1. The second-order valence-electron chi connectivity index (χ2n) is 4.57. The second kappa shape index (κ2) is 6.69. The monoisotopic (exact) mass is 386 g/mol. The molecule has 0 aromatic heterocycles. The summed E-state index contributed by atoms with van der Waals surface area (Å²) >= 11 is 15.3. The van der Waals surface area contributed by atoms with E-state index < -0.39 is 0 Å². The third-order valence-electron chi connectivity index (χ3n) is 3.05. The molecule has 2 aromatic carbocycles. The first-order chi connectivity index (χ1) is 9.90. The van der Waals surface area contributed by atoms with Gasteiger partial charge in [-0.15, -0.1) is 0 Å². The fourth-order valence-electron chi connectivity index (χ4n) is 1.93. The van der Waals surface area contributed by atoms with Crippen molar-refractivity contribution in [1.29, 1.82) is 0 Å². The number of nitrogens with two attached hydrogens (primary N) is 1. The number of carbonyl (C=O) groups is 1. The number of halogens is 3. The lowest BCUT2D eigenvalue weighted by atomic mass is 10.1. The van der Waals surface area contributed by atoms with Gasteiger partial charge in [0.05, 0.1) is 16.1 Å². The van der Waals surface area contributed by atoms with Gasteiger partial charge in [-0.1, -0.05) is 35.3 Å². The zero-order valence-electron chi connectivity index (χ0n) is 11.2. The third-order valence-corrected chi connectivity index (χ3v) is 4.50. The molecule has 2 aromatic rings. The topological polar surface area (TPSA) is 55.1 Å². The minimum absolute atomic E-state index is 0.229. The highest BCUT2D eigenvalue weighted by molar-refractivity contribution is 9.10. The van der Waals surface area contributed by atoms with Gasteiger partial charge >= 0.3 is 0 Å². The van der Waals surface area contributed by atoms with Gasteiger partial charge in [-0.05, 0) is 52.7 Å². The van der Waals surface area contributed by atoms with Crippen molar-refractivity contribution in [1.82, 2.24) is 5.32 Å². The predicted octanol–water partition coefficient (Wildman–Crippen LogP) is 4.83. The molecular weight excluding hydrogens is 375 g/mol. The highest BCUT2D eigenvalue weighted by atomic mass is 79.9. The number of amides is 1. The van der Waals surface area contributed by atoms with Crippen molar-refractivity contribution in [3.63, 3.8) is 0 Å². The first-order valence-corrected chi connectivity index (χ1v) is 7.75. The molecule has 2 rings (SSSR count). The van der Waals surface area contributed by atoms with Crippen LogP contribution in [0.3, 0.4) is 0 Å². The summed E-state index contributed by atoms with van der Waals surface area (Å²) in [7, 11) is 0. The maximum Gasteiger partial charge on any atom is 0.252 e. The summed E-state index contributed by atoms with van der Waals surface area (Å²) in [5.74, 6) is -0.229. The van der Waals surface area contributed by atoms with Crippen molar-refractivity contribution in [3.8, 4) is 0 Å². The van der Waals surface area contributed by atoms with Crippen molar-refractivity contribution < 1.29 is 4.79 Å². The molecule has 0 fully saturated rings. The Bertz CT molecular complexity index is 691. The van der Waals surface area contributed by atoms with Gasteiger partial charge in [0, 0.05) is 15.7 Å². The van der Waals surface area contributed by atoms with Crippen molar-refractivity contribution in [3.05, 3.63) is 62.0 Å². The fraction of sp³-hybridized carbons (Fsp3) is 0.133. The maximum absolute atomic E-state index is 12.3. The summed E-state index contributed by atoms with van der Waals surface area (Å²) < 4.78 is 0.580. The van der Waals surface area contributed by atoms with Crippen LogP contribution in [0.4, 0.5) is 5.69 Å². The molecule has 0 aliphatic heterocycles. The summed E-state index contributed by atoms with van der Waals surface area (Å²) in [5.41, 5.74) is 7.57. The van der Waals surface area contributed by atoms with Crippen molar-refractivity contribution in [2.75, 3.05) is 5.73 Å². The van der Waals surface area contributed by atoms with Crippen LogP contribution in [0.5, 0.6) is 0 Å². The van der Waals surface area contributed by atoms with E-state index in [-0.39, 0.29) is 11.9 Å². The van der Waals surface area contributed by atoms with E-state index >= 15 is 0 Å². The molecular formula is C15H13BrCl2N2O. The van der Waals surface area contributed by atoms with Crippen LogP contribution in [0.1, 0.15) is 28.9 Å². The molecule has 0 aliphatic rings. The van der Waals surface area contributed by atoms with Crippen LogP contribution in [-0.4, -0.2) is 5.91 Å². The Balaban J connectivity index is 2.21. The lowest BCUT2D eigenvalue weighted by molar-refractivity contribution is 0.0939. The van der Waals surface area contributed by atoms with Crippen molar-refractivity contribution in [2.45, 2.75) is 13.0 Å². The SMILES string of the molecule is CC(NC(=O)c1cccc(N)c1Br)c1ccc(Cl)cc1Cl. The lowest BCUT2D eigenvalue weighted by Gasteiger charge is -2.17. The van der Waals surface area contributed by atoms with E-state index in [1.54, 1.807) is 36.4 Å². The van der Waals surface area contributed by atoms with E-state index in [4.69, 9.17) is 28.9 Å². The quantitative estimate of drug-likeness (QED) is 0.741. The Hall–Kier alpha value is -1.23. The lowest BCUT2D eigenvalue weighted by Crippen LogP contribution is -2.27. The number of nitrogens with one attached hydrogen (secondary N) is 1. The minimum atomic E-state index is -0.254. The van der Waals surface area contributed by atoms with Gasteiger partial charge in [-0.2, -0.15) is 0 Å². The van der Waals surface area contributed by atoms with Gasteiger partial charge in [0.2, 0.25) is 0 Å². The summed E-state index contributed by atoms with van der Waals surface area (Å²) in [6, 6.07) is 10.1. The number of carbonyl (C=O) groups excluding carboxylic acids is 1. The van der Waals surface area contributed by atoms with Crippen LogP contribution in [0.15, 0.2) is 40.9 Å². The summed E-state index contributed by atoms with van der Waals surface area (Å²) in [6.07, 6.45) is 0. The molecule has 0 saturated carbocycles. The van der Waals surface area contributed by atoms with E-state index in [9.17, 15) is 4.79 Å². The largest absolute Gasteiger partial charge is 0.398 e. The Morgan fingerprint density at radius 2 is 2.00 bits per heavy atom. The van der Waals surface area contributed by atoms with Crippen LogP contribution in [0, 0.1) is 0 Å². The van der Waals surface area contributed by atoms with E-state index in [0.717, 1.165) is 5.56 Å². The third kappa shape index (κ3) is 3.70. The summed E-state index contributed by atoms with van der Waals surface area (Å²) in [6.45, 7) is 1.85. The molecule has 1 amide bonds. The minimum Gasteiger partial charge on any atom is -0.398 e. The van der Waals surface area contributed by atoms with E-state index in [2.05, 4.69) is 21.2 Å². The molecule has 0 radical (unpaired) electrons. The van der Waals surface area contributed by atoms with E-state index in [1.165, 1.54) is 0 Å². The van der Waals surface area contributed by atoms with Crippen LogP contribution in [0.2, 0.25) is 10.0 Å². The molecule has 21 heavy (non-hydrogen) atoms. The standard InChI is InChI=1S/C15H13BrCl2N2O/c1-8(10-6-5-9(17)7-12(10)18)20-15(21)11-3-2-4-13(19)14(11)16/h2-8H,19H2,1H3,(H,20,21). The van der Waals surface area contributed by atoms with Gasteiger partial charge in [-0.3, -0.25) is 4.79 Å². The predicted molar refractivity (Wildman–Crippen MR) is 90.9 cm³/mol. The summed E-state index contributed by atoms with van der Waals surface area (Å²) in [4.78, 5) is 12.3. The van der Waals surface area contributed by atoms with Crippen molar-refractivity contribution >= 4 is 50.7 Å². The van der Waals surface area contributed by atoms with Gasteiger partial charge < -0.3 is 11.1 Å². The van der Waals surface area contributed by atoms with E-state index in [1.807, 2.05) is 6.92 Å². The Morgan fingerprint density at radius 1 is 1.29 bits per heavy atom. The van der Waals surface area contributed by atoms with Gasteiger partial charge in [-0.25, -0.2) is 0 Å². The van der Waals surface area contributed by atoms with Gasteiger partial charge in [0.15, 0.2) is 0 Å². The Kier molecular flexibility index (Phi) is 5.14. The number of benzene rings is 2. The summed E-state index contributed by atoms with van der Waals surface area (Å²) in [5, 5.41) is 3.96. The molecule has 0 saturated heterocycles. The van der Waals surface area contributed by atoms with Crippen LogP contribution in [0.25, 0.3) is 0 Å². The van der Waals surface area contributed by atoms with Gasteiger partial charge in [0.1, 0.15) is 0 Å². The zero-order chi connectivity index (χ0) is 15.6. The average molecular weight is 388 g/mol. The normalized spacial score (nSPS) is 12.0. The van der Waals surface area contributed by atoms with Crippen LogP contribution >= 0.6 is 39.1 Å². The number of hydrogen-bond donors (Lipinski definition) is 2. The highest BCUT2D eigenvalue weighted by Gasteiger charge is 2.16. The number of rotatable bonds is 3. The first-order valence-electron chi connectivity index (χ1n) is 6.20. The molecule has 0 bridgehead atoms. The fourth-order valence-corrected chi connectivity index (χ4v) is 2.95. The highest BCUT2D eigenvalue weighted by Crippen LogP contribution is 2.28. The Labute approximate surface area is 141 Å². The molecule has 1 atom stereocenters. The maximum atomic E-state index is 12.3. The van der Waals surface area contributed by atoms with Crippen LogP contribution in [-0.2, 0) is 0 Å². The zero-order valence-corrected chi connectivity index (χ0v) is 14.3. The molecule has 3 nitrogen and oxygen atoms in total. The number of hydrogen-bond acceptors (Lipinski definition) is 2. The molecule has 1 unspecified atom stereocenters. The second-order valence-corrected chi connectivity index (χ2v) is 6.21. The smallest absolute Gasteiger partial charge is 0.252 e. The molecule has 6 heteroatoms.